The zero-order chi connectivity index (χ0) is 12.8. The van der Waals surface area contributed by atoms with Crippen LogP contribution in [0.1, 0.15) is 26.7 Å². The maximum absolute atomic E-state index is 6.24. The van der Waals surface area contributed by atoms with Crippen LogP contribution in [0.4, 0.5) is 0 Å². The average molecular weight is 262 g/mol. The predicted octanol–water partition coefficient (Wildman–Crippen LogP) is 3.74. The molecule has 0 N–H and O–H groups in total. The summed E-state index contributed by atoms with van der Waals surface area (Å²) in [4.78, 5) is 0. The van der Waals surface area contributed by atoms with Gasteiger partial charge in [-0.3, -0.25) is 4.57 Å². The Morgan fingerprint density at radius 2 is 1.83 bits per heavy atom. The Morgan fingerprint density at radius 3 is 2.44 bits per heavy atom. The monoisotopic (exact) mass is 261 g/mol. The molecule has 1 aliphatic rings. The van der Waals surface area contributed by atoms with Crippen molar-refractivity contribution in [1.82, 2.24) is 14.8 Å². The van der Waals surface area contributed by atoms with E-state index < -0.39 is 0 Å². The molecule has 18 heavy (non-hydrogen) atoms. The number of benzene rings is 1. The van der Waals surface area contributed by atoms with E-state index in [0.29, 0.717) is 11.2 Å². The number of aromatic nitrogens is 3. The summed E-state index contributed by atoms with van der Waals surface area (Å²) in [7, 11) is 0. The van der Waals surface area contributed by atoms with Gasteiger partial charge in [0.05, 0.1) is 0 Å². The normalized spacial score (nSPS) is 15.9. The summed E-state index contributed by atoms with van der Waals surface area (Å²) in [5.74, 6) is 1.53. The van der Waals surface area contributed by atoms with Gasteiger partial charge < -0.3 is 0 Å². The van der Waals surface area contributed by atoms with E-state index in [-0.39, 0.29) is 5.54 Å². The molecule has 3 rings (SSSR count). The lowest BCUT2D eigenvalue weighted by Gasteiger charge is -2.28. The number of hydrogen-bond acceptors (Lipinski definition) is 2. The fourth-order valence-corrected chi connectivity index (χ4v) is 2.86. The van der Waals surface area contributed by atoms with Crippen molar-refractivity contribution >= 4 is 11.6 Å². The zero-order valence-corrected chi connectivity index (χ0v) is 11.4. The van der Waals surface area contributed by atoms with Crippen LogP contribution in [-0.2, 0) is 5.54 Å². The Hall–Kier alpha value is -1.35. The highest BCUT2D eigenvalue weighted by Gasteiger charge is 2.41. The summed E-state index contributed by atoms with van der Waals surface area (Å²) in [6.07, 6.45) is 2.52. The molecule has 94 valence electrons. The summed E-state index contributed by atoms with van der Waals surface area (Å²) < 4.78 is 2.07. The van der Waals surface area contributed by atoms with Crippen molar-refractivity contribution in [2.45, 2.75) is 32.2 Å². The molecule has 1 fully saturated rings. The largest absolute Gasteiger partial charge is 0.292 e. The molecule has 1 aromatic heterocycles. The first kappa shape index (κ1) is 11.7. The second-order valence-corrected chi connectivity index (χ2v) is 5.76. The first-order chi connectivity index (χ1) is 8.60. The van der Waals surface area contributed by atoms with Crippen LogP contribution < -0.4 is 0 Å². The third kappa shape index (κ3) is 1.83. The third-order valence-electron chi connectivity index (χ3n) is 3.81. The Labute approximate surface area is 112 Å². The number of hydrogen-bond donors (Lipinski definition) is 0. The molecule has 0 aliphatic heterocycles. The molecule has 4 heteroatoms. The van der Waals surface area contributed by atoms with Crippen LogP contribution in [-0.4, -0.2) is 14.8 Å². The van der Waals surface area contributed by atoms with Crippen LogP contribution in [0, 0.1) is 5.92 Å². The maximum atomic E-state index is 6.24. The molecule has 0 radical (unpaired) electrons. The molecule has 2 aromatic rings. The van der Waals surface area contributed by atoms with Crippen molar-refractivity contribution in [3.63, 3.8) is 0 Å². The molecule has 0 unspecified atom stereocenters. The van der Waals surface area contributed by atoms with Gasteiger partial charge in [-0.1, -0.05) is 30.3 Å². The highest BCUT2D eigenvalue weighted by atomic mass is 35.5. The minimum absolute atomic E-state index is 0.0221. The molecule has 1 aliphatic carbocycles. The van der Waals surface area contributed by atoms with E-state index in [2.05, 4.69) is 28.6 Å². The molecule has 0 saturated heterocycles. The van der Waals surface area contributed by atoms with Crippen LogP contribution >= 0.6 is 11.6 Å². The van der Waals surface area contributed by atoms with Gasteiger partial charge in [-0.05, 0) is 44.2 Å². The van der Waals surface area contributed by atoms with Crippen molar-refractivity contribution in [3.05, 3.63) is 35.6 Å². The minimum Gasteiger partial charge on any atom is -0.292 e. The summed E-state index contributed by atoms with van der Waals surface area (Å²) in [6.45, 7) is 4.43. The van der Waals surface area contributed by atoms with Gasteiger partial charge >= 0.3 is 0 Å². The highest BCUT2D eigenvalue weighted by Crippen LogP contribution is 2.46. The molecular formula is C14H16ClN3. The lowest BCUT2D eigenvalue weighted by Crippen LogP contribution is -2.29. The Bertz CT molecular complexity index is 556. The van der Waals surface area contributed by atoms with Crippen molar-refractivity contribution in [2.24, 2.45) is 5.92 Å². The third-order valence-corrected chi connectivity index (χ3v) is 4.05. The SMILES string of the molecule is CC(C)(C1CC1)n1c(Cl)nnc1-c1ccccc1. The van der Waals surface area contributed by atoms with Gasteiger partial charge in [0.1, 0.15) is 0 Å². The van der Waals surface area contributed by atoms with E-state index in [0.717, 1.165) is 11.4 Å². The molecule has 0 amide bonds. The van der Waals surface area contributed by atoms with E-state index in [1.54, 1.807) is 0 Å². The molecule has 0 bridgehead atoms. The standard InChI is InChI=1S/C14H16ClN3/c1-14(2,11-8-9-11)18-12(16-17-13(18)15)10-6-4-3-5-7-10/h3-7,11H,8-9H2,1-2H3. The van der Waals surface area contributed by atoms with Gasteiger partial charge in [0.25, 0.3) is 0 Å². The van der Waals surface area contributed by atoms with Crippen LogP contribution in [0.25, 0.3) is 11.4 Å². The number of nitrogens with zero attached hydrogens (tertiary/aromatic N) is 3. The van der Waals surface area contributed by atoms with Crippen LogP contribution in [0.5, 0.6) is 0 Å². The topological polar surface area (TPSA) is 30.7 Å². The molecule has 0 atom stereocenters. The predicted molar refractivity (Wildman–Crippen MR) is 72.5 cm³/mol. The van der Waals surface area contributed by atoms with Crippen molar-refractivity contribution in [1.29, 1.82) is 0 Å². The van der Waals surface area contributed by atoms with Crippen molar-refractivity contribution in [3.8, 4) is 11.4 Å². The van der Waals surface area contributed by atoms with E-state index in [4.69, 9.17) is 11.6 Å². The second-order valence-electron chi connectivity index (χ2n) is 5.42. The Balaban J connectivity index is 2.12. The molecule has 3 nitrogen and oxygen atoms in total. The first-order valence-electron chi connectivity index (χ1n) is 6.27. The fraction of sp³-hybridized carbons (Fsp3) is 0.429. The van der Waals surface area contributed by atoms with Gasteiger partial charge in [0.15, 0.2) is 5.82 Å². The van der Waals surface area contributed by atoms with Crippen LogP contribution in [0.15, 0.2) is 30.3 Å². The highest BCUT2D eigenvalue weighted by molar-refractivity contribution is 6.28. The van der Waals surface area contributed by atoms with E-state index in [9.17, 15) is 0 Å². The summed E-state index contributed by atoms with van der Waals surface area (Å²) in [5.41, 5.74) is 1.04. The molecular weight excluding hydrogens is 246 g/mol. The van der Waals surface area contributed by atoms with Gasteiger partial charge in [0, 0.05) is 11.1 Å². The Morgan fingerprint density at radius 1 is 1.17 bits per heavy atom. The second kappa shape index (κ2) is 4.09. The first-order valence-corrected chi connectivity index (χ1v) is 6.65. The minimum atomic E-state index is -0.0221. The molecule has 1 aromatic carbocycles. The zero-order valence-electron chi connectivity index (χ0n) is 10.6. The van der Waals surface area contributed by atoms with Gasteiger partial charge in [-0.25, -0.2) is 0 Å². The van der Waals surface area contributed by atoms with Crippen LogP contribution in [0.2, 0.25) is 5.28 Å². The quantitative estimate of drug-likeness (QED) is 0.843. The number of halogens is 1. The van der Waals surface area contributed by atoms with Gasteiger partial charge in [-0.15, -0.1) is 10.2 Å². The van der Waals surface area contributed by atoms with Crippen molar-refractivity contribution in [2.75, 3.05) is 0 Å². The van der Waals surface area contributed by atoms with E-state index >= 15 is 0 Å². The molecule has 1 heterocycles. The van der Waals surface area contributed by atoms with E-state index in [1.165, 1.54) is 12.8 Å². The molecule has 1 saturated carbocycles. The lowest BCUT2D eigenvalue weighted by molar-refractivity contribution is 0.307. The fourth-order valence-electron chi connectivity index (χ4n) is 2.52. The smallest absolute Gasteiger partial charge is 0.225 e. The molecule has 0 spiro atoms. The maximum Gasteiger partial charge on any atom is 0.225 e. The van der Waals surface area contributed by atoms with Crippen LogP contribution in [0.3, 0.4) is 0 Å². The van der Waals surface area contributed by atoms with Gasteiger partial charge in [-0.2, -0.15) is 0 Å². The summed E-state index contributed by atoms with van der Waals surface area (Å²) >= 11 is 6.24. The van der Waals surface area contributed by atoms with Gasteiger partial charge in [0.2, 0.25) is 5.28 Å². The average Bonchev–Trinajstić information content (AvgIpc) is 3.14. The number of rotatable bonds is 3. The Kier molecular flexibility index (Phi) is 2.67. The summed E-state index contributed by atoms with van der Waals surface area (Å²) in [6, 6.07) is 10.1. The van der Waals surface area contributed by atoms with E-state index in [1.807, 2.05) is 30.3 Å². The lowest BCUT2D eigenvalue weighted by atomic mass is 9.98. The summed E-state index contributed by atoms with van der Waals surface area (Å²) in [5, 5.41) is 8.77. The van der Waals surface area contributed by atoms with Crippen molar-refractivity contribution < 1.29 is 0 Å².